The first kappa shape index (κ1) is 15.6. The SMILES string of the molecule is C=C[C@H]1CN2CC[C@H]1CC2[C@H](N)c1ccnc2ccc(OC)cc12. The Kier molecular flexibility index (Phi) is 4.02. The highest BCUT2D eigenvalue weighted by Gasteiger charge is 2.41. The van der Waals surface area contributed by atoms with Gasteiger partial charge in [-0.25, -0.2) is 0 Å². The third kappa shape index (κ3) is 2.50. The lowest BCUT2D eigenvalue weighted by atomic mass is 9.73. The van der Waals surface area contributed by atoms with Crippen LogP contribution in [0.3, 0.4) is 0 Å². The van der Waals surface area contributed by atoms with Gasteiger partial charge in [0, 0.05) is 30.2 Å². The van der Waals surface area contributed by atoms with E-state index in [2.05, 4.69) is 34.7 Å². The Labute approximate surface area is 143 Å². The monoisotopic (exact) mass is 323 g/mol. The molecule has 0 radical (unpaired) electrons. The van der Waals surface area contributed by atoms with E-state index >= 15 is 0 Å². The zero-order chi connectivity index (χ0) is 16.7. The third-order valence-corrected chi connectivity index (χ3v) is 5.91. The number of methoxy groups -OCH3 is 1. The van der Waals surface area contributed by atoms with Crippen LogP contribution in [0.2, 0.25) is 0 Å². The molecule has 0 saturated carbocycles. The highest BCUT2D eigenvalue weighted by Crippen LogP contribution is 2.41. The largest absolute Gasteiger partial charge is 0.497 e. The lowest BCUT2D eigenvalue weighted by Gasteiger charge is -2.51. The van der Waals surface area contributed by atoms with Gasteiger partial charge in [0.2, 0.25) is 0 Å². The number of fused-ring (bicyclic) bond motifs is 4. The van der Waals surface area contributed by atoms with Crippen molar-refractivity contribution in [2.24, 2.45) is 17.6 Å². The van der Waals surface area contributed by atoms with Gasteiger partial charge in [-0.1, -0.05) is 6.08 Å². The maximum absolute atomic E-state index is 6.76. The Bertz CT molecular complexity index is 760. The normalized spacial score (nSPS) is 30.2. The average Bonchev–Trinajstić information content (AvgIpc) is 2.66. The van der Waals surface area contributed by atoms with Gasteiger partial charge in [-0.15, -0.1) is 6.58 Å². The van der Waals surface area contributed by atoms with E-state index in [1.54, 1.807) is 7.11 Å². The van der Waals surface area contributed by atoms with Gasteiger partial charge in [-0.05, 0) is 61.1 Å². The van der Waals surface area contributed by atoms with E-state index in [1.165, 1.54) is 12.0 Å². The van der Waals surface area contributed by atoms with Crippen molar-refractivity contribution in [1.82, 2.24) is 9.88 Å². The molecule has 0 amide bonds. The quantitative estimate of drug-likeness (QED) is 0.878. The van der Waals surface area contributed by atoms with Crippen molar-refractivity contribution in [3.8, 4) is 5.75 Å². The molecule has 3 saturated heterocycles. The summed E-state index contributed by atoms with van der Waals surface area (Å²) in [6, 6.07) is 8.48. The van der Waals surface area contributed by atoms with Gasteiger partial charge < -0.3 is 10.5 Å². The number of aromatic nitrogens is 1. The Hall–Kier alpha value is -1.91. The molecule has 4 heteroatoms. The summed E-state index contributed by atoms with van der Waals surface area (Å²) in [7, 11) is 1.69. The molecule has 1 aromatic heterocycles. The first-order valence-corrected chi connectivity index (χ1v) is 8.76. The molecule has 0 aliphatic carbocycles. The van der Waals surface area contributed by atoms with Crippen LogP contribution in [0.25, 0.3) is 10.9 Å². The lowest BCUT2D eigenvalue weighted by Crippen LogP contribution is -2.56. The molecule has 3 fully saturated rings. The predicted molar refractivity (Wildman–Crippen MR) is 97.0 cm³/mol. The minimum absolute atomic E-state index is 0.00354. The Morgan fingerprint density at radius 1 is 1.42 bits per heavy atom. The summed E-state index contributed by atoms with van der Waals surface area (Å²) in [6.45, 7) is 6.26. The molecule has 5 rings (SSSR count). The Morgan fingerprint density at radius 3 is 3.00 bits per heavy atom. The maximum atomic E-state index is 6.76. The van der Waals surface area contributed by atoms with Crippen LogP contribution in [0.15, 0.2) is 43.1 Å². The predicted octanol–water partition coefficient (Wildman–Crippen LogP) is 3.14. The summed E-state index contributed by atoms with van der Waals surface area (Å²) < 4.78 is 5.39. The molecular formula is C20H25N3O. The van der Waals surface area contributed by atoms with Crippen LogP contribution in [-0.4, -0.2) is 36.1 Å². The van der Waals surface area contributed by atoms with Crippen LogP contribution in [0.5, 0.6) is 5.75 Å². The molecule has 24 heavy (non-hydrogen) atoms. The molecule has 2 unspecified atom stereocenters. The molecule has 2 bridgehead atoms. The number of hydrogen-bond acceptors (Lipinski definition) is 4. The number of pyridine rings is 1. The van der Waals surface area contributed by atoms with Crippen molar-refractivity contribution in [3.05, 3.63) is 48.7 Å². The molecule has 4 nitrogen and oxygen atoms in total. The molecule has 126 valence electrons. The van der Waals surface area contributed by atoms with Crippen LogP contribution in [-0.2, 0) is 0 Å². The van der Waals surface area contributed by atoms with Crippen LogP contribution in [0, 0.1) is 11.8 Å². The van der Waals surface area contributed by atoms with Gasteiger partial charge >= 0.3 is 0 Å². The molecule has 2 N–H and O–H groups in total. The third-order valence-electron chi connectivity index (χ3n) is 5.91. The van der Waals surface area contributed by atoms with E-state index in [4.69, 9.17) is 10.5 Å². The fraction of sp³-hybridized carbons (Fsp3) is 0.450. The van der Waals surface area contributed by atoms with Crippen molar-refractivity contribution >= 4 is 10.9 Å². The van der Waals surface area contributed by atoms with Crippen LogP contribution >= 0.6 is 0 Å². The highest BCUT2D eigenvalue weighted by atomic mass is 16.5. The first-order valence-electron chi connectivity index (χ1n) is 8.76. The summed E-state index contributed by atoms with van der Waals surface area (Å²) in [4.78, 5) is 7.04. The number of nitrogens with two attached hydrogens (primary N) is 1. The number of ether oxygens (including phenoxy) is 1. The standard InChI is InChI=1S/C20H25N3O/c1-3-13-12-23-9-7-14(13)10-19(23)20(21)16-6-8-22-18-5-4-15(24-2)11-17(16)18/h3-6,8,11,13-14,19-20H,1,7,9-10,12,21H2,2H3/t13-,14-,19?,20+/m0/s1. The first-order chi connectivity index (χ1) is 11.7. The maximum Gasteiger partial charge on any atom is 0.119 e. The smallest absolute Gasteiger partial charge is 0.119 e. The van der Waals surface area contributed by atoms with Crippen LogP contribution < -0.4 is 10.5 Å². The molecule has 1 aromatic carbocycles. The molecule has 3 aliphatic rings. The van der Waals surface area contributed by atoms with Gasteiger partial charge in [0.25, 0.3) is 0 Å². The zero-order valence-electron chi connectivity index (χ0n) is 14.2. The lowest BCUT2D eigenvalue weighted by molar-refractivity contribution is 0.00749. The fourth-order valence-corrected chi connectivity index (χ4v) is 4.52. The number of nitrogens with zero attached hydrogens (tertiary/aromatic N) is 2. The van der Waals surface area contributed by atoms with E-state index in [9.17, 15) is 0 Å². The second-order valence-corrected chi connectivity index (χ2v) is 7.06. The molecule has 4 heterocycles. The van der Waals surface area contributed by atoms with Crippen molar-refractivity contribution in [2.45, 2.75) is 24.9 Å². The van der Waals surface area contributed by atoms with E-state index in [1.807, 2.05) is 18.3 Å². The molecule has 5 atom stereocenters. The number of rotatable bonds is 4. The second kappa shape index (κ2) is 6.19. The Balaban J connectivity index is 1.69. The van der Waals surface area contributed by atoms with Gasteiger partial charge in [0.15, 0.2) is 0 Å². The number of piperidine rings is 3. The van der Waals surface area contributed by atoms with E-state index < -0.39 is 0 Å². The topological polar surface area (TPSA) is 51.4 Å². The summed E-state index contributed by atoms with van der Waals surface area (Å²) >= 11 is 0. The molecular weight excluding hydrogens is 298 g/mol. The summed E-state index contributed by atoms with van der Waals surface area (Å²) in [5.41, 5.74) is 8.91. The summed E-state index contributed by atoms with van der Waals surface area (Å²) in [6.07, 6.45) is 6.43. The summed E-state index contributed by atoms with van der Waals surface area (Å²) in [5, 5.41) is 1.10. The van der Waals surface area contributed by atoms with Gasteiger partial charge in [0.05, 0.1) is 12.6 Å². The highest BCUT2D eigenvalue weighted by molar-refractivity contribution is 5.84. The second-order valence-electron chi connectivity index (χ2n) is 7.06. The number of benzene rings is 1. The van der Waals surface area contributed by atoms with Crippen molar-refractivity contribution in [2.75, 3.05) is 20.2 Å². The van der Waals surface area contributed by atoms with Crippen molar-refractivity contribution < 1.29 is 4.74 Å². The van der Waals surface area contributed by atoms with Crippen LogP contribution in [0.4, 0.5) is 0 Å². The summed E-state index contributed by atoms with van der Waals surface area (Å²) in [5.74, 6) is 2.20. The Morgan fingerprint density at radius 2 is 2.29 bits per heavy atom. The van der Waals surface area contributed by atoms with Crippen molar-refractivity contribution in [1.29, 1.82) is 0 Å². The van der Waals surface area contributed by atoms with E-state index in [0.29, 0.717) is 12.0 Å². The molecule has 3 aliphatic heterocycles. The van der Waals surface area contributed by atoms with Gasteiger partial charge in [0.1, 0.15) is 5.75 Å². The molecule has 2 aromatic rings. The fourth-order valence-electron chi connectivity index (χ4n) is 4.52. The van der Waals surface area contributed by atoms with Crippen LogP contribution in [0.1, 0.15) is 24.4 Å². The molecule has 0 spiro atoms. The van der Waals surface area contributed by atoms with E-state index in [-0.39, 0.29) is 6.04 Å². The minimum Gasteiger partial charge on any atom is -0.497 e. The zero-order valence-corrected chi connectivity index (χ0v) is 14.2. The number of hydrogen-bond donors (Lipinski definition) is 1. The van der Waals surface area contributed by atoms with E-state index in [0.717, 1.165) is 42.1 Å². The van der Waals surface area contributed by atoms with Crippen molar-refractivity contribution in [3.63, 3.8) is 0 Å². The average molecular weight is 323 g/mol. The van der Waals surface area contributed by atoms with Gasteiger partial charge in [-0.3, -0.25) is 9.88 Å². The van der Waals surface area contributed by atoms with Gasteiger partial charge in [-0.2, -0.15) is 0 Å². The minimum atomic E-state index is -0.00354.